The fraction of sp³-hybridized carbons (Fsp3) is 0.296. The maximum atomic E-state index is 15.3. The maximum absolute atomic E-state index is 15.3. The molecular formula is C27H28F2N2O2+2. The van der Waals surface area contributed by atoms with Crippen molar-refractivity contribution in [1.29, 1.82) is 0 Å². The first kappa shape index (κ1) is 22.8. The molecular weight excluding hydrogens is 422 g/mol. The van der Waals surface area contributed by atoms with E-state index in [0.29, 0.717) is 28.1 Å². The van der Waals surface area contributed by atoms with Crippen LogP contribution < -0.4 is 9.13 Å². The van der Waals surface area contributed by atoms with Gasteiger partial charge >= 0.3 is 5.97 Å². The van der Waals surface area contributed by atoms with E-state index in [2.05, 4.69) is 18.4 Å². The third-order valence-electron chi connectivity index (χ3n) is 6.54. The number of aromatic nitrogens is 2. The Hall–Kier alpha value is -3.41. The molecule has 3 aromatic rings. The smallest absolute Gasteiger partial charge is 0.403 e. The Morgan fingerprint density at radius 3 is 2.52 bits per heavy atom. The Kier molecular flexibility index (Phi) is 6.11. The van der Waals surface area contributed by atoms with Gasteiger partial charge in [0, 0.05) is 54.3 Å². The molecule has 0 fully saturated rings. The van der Waals surface area contributed by atoms with Gasteiger partial charge in [0.05, 0.1) is 5.56 Å². The number of halogens is 2. The van der Waals surface area contributed by atoms with Crippen LogP contribution in [0.4, 0.5) is 8.78 Å². The molecule has 0 unspecified atom stereocenters. The summed E-state index contributed by atoms with van der Waals surface area (Å²) in [7, 11) is 1.76. The quantitative estimate of drug-likeness (QED) is 0.413. The van der Waals surface area contributed by atoms with Gasteiger partial charge in [-0.15, -0.1) is 0 Å². The molecule has 0 saturated heterocycles. The maximum Gasteiger partial charge on any atom is 0.403 e. The molecule has 0 aliphatic carbocycles. The Morgan fingerprint density at radius 1 is 1.06 bits per heavy atom. The number of benzene rings is 1. The van der Waals surface area contributed by atoms with Crippen molar-refractivity contribution in [3.63, 3.8) is 0 Å². The number of pyridine rings is 2. The van der Waals surface area contributed by atoms with Crippen LogP contribution in [0.1, 0.15) is 48.3 Å². The lowest BCUT2D eigenvalue weighted by Crippen LogP contribution is -2.55. The molecule has 0 spiro atoms. The molecule has 0 radical (unpaired) electrons. The Bertz CT molecular complexity index is 1260. The van der Waals surface area contributed by atoms with Gasteiger partial charge in [-0.2, -0.15) is 9.13 Å². The third kappa shape index (κ3) is 4.06. The number of carbonyl (C=O) groups excluding carboxylic acids is 1. The van der Waals surface area contributed by atoms with Crippen LogP contribution in [0.15, 0.2) is 60.9 Å². The summed E-state index contributed by atoms with van der Waals surface area (Å²) in [5, 5.41) is 0. The highest BCUT2D eigenvalue weighted by atomic mass is 19.1. The number of fused-ring (bicyclic) bond motifs is 3. The summed E-state index contributed by atoms with van der Waals surface area (Å²) in [5.41, 5.74) is 2.87. The summed E-state index contributed by atoms with van der Waals surface area (Å²) < 4.78 is 39.1. The fourth-order valence-corrected chi connectivity index (χ4v) is 4.61. The van der Waals surface area contributed by atoms with Gasteiger partial charge in [0.1, 0.15) is 25.3 Å². The van der Waals surface area contributed by atoms with Crippen molar-refractivity contribution in [2.75, 3.05) is 6.61 Å². The van der Waals surface area contributed by atoms with Gasteiger partial charge in [0.2, 0.25) is 5.69 Å². The van der Waals surface area contributed by atoms with Crippen molar-refractivity contribution in [3.8, 4) is 11.3 Å². The number of carbonyl (C=O) groups is 1. The second-order valence-corrected chi connectivity index (χ2v) is 8.52. The van der Waals surface area contributed by atoms with Crippen molar-refractivity contribution in [3.05, 3.63) is 89.4 Å². The van der Waals surface area contributed by atoms with E-state index in [-0.39, 0.29) is 6.61 Å². The first-order valence-corrected chi connectivity index (χ1v) is 11.2. The standard InChI is InChI=1S/C27H28F2N2O2/c1-5-27(6-2)16-19(17-33-26(32)23-9-7-8-11-30(23)4)21-14-20(28)15-22(29)25(21)24-13-18(3)10-12-31(24)27/h7-16H,5-6,17H2,1-4H3/q+2. The van der Waals surface area contributed by atoms with Crippen LogP contribution in [0.3, 0.4) is 0 Å². The molecule has 1 aromatic carbocycles. The zero-order valence-corrected chi connectivity index (χ0v) is 19.4. The number of allylic oxidation sites excluding steroid dienone is 1. The van der Waals surface area contributed by atoms with Crippen LogP contribution in [0.25, 0.3) is 16.8 Å². The minimum atomic E-state index is -0.669. The van der Waals surface area contributed by atoms with E-state index in [0.717, 1.165) is 24.5 Å². The lowest BCUT2D eigenvalue weighted by molar-refractivity contribution is -0.743. The summed E-state index contributed by atoms with van der Waals surface area (Å²) in [5.74, 6) is -1.81. The van der Waals surface area contributed by atoms with Crippen LogP contribution in [0.5, 0.6) is 0 Å². The summed E-state index contributed by atoms with van der Waals surface area (Å²) in [4.78, 5) is 12.8. The number of nitrogens with zero attached hydrogens (tertiary/aromatic N) is 2. The van der Waals surface area contributed by atoms with Gasteiger partial charge in [-0.3, -0.25) is 0 Å². The van der Waals surface area contributed by atoms with Crippen molar-refractivity contribution in [2.45, 2.75) is 39.2 Å². The Balaban J connectivity index is 1.88. The molecule has 0 bridgehead atoms. The number of ether oxygens (including phenoxy) is 1. The summed E-state index contributed by atoms with van der Waals surface area (Å²) in [6.07, 6.45) is 7.19. The molecule has 6 heteroatoms. The van der Waals surface area contributed by atoms with Crippen LogP contribution >= 0.6 is 0 Å². The van der Waals surface area contributed by atoms with Gasteiger partial charge in [-0.05, 0) is 30.7 Å². The van der Waals surface area contributed by atoms with Crippen molar-refractivity contribution < 1.29 is 27.4 Å². The second-order valence-electron chi connectivity index (χ2n) is 8.52. The molecule has 4 rings (SSSR count). The van der Waals surface area contributed by atoms with Gasteiger partial charge in [0.15, 0.2) is 17.9 Å². The van der Waals surface area contributed by atoms with E-state index in [1.165, 1.54) is 6.07 Å². The number of esters is 1. The highest BCUT2D eigenvalue weighted by molar-refractivity contribution is 5.87. The van der Waals surface area contributed by atoms with E-state index in [1.807, 2.05) is 37.4 Å². The zero-order chi connectivity index (χ0) is 23.8. The summed E-state index contributed by atoms with van der Waals surface area (Å²) in [6, 6.07) is 11.4. The molecule has 0 saturated carbocycles. The second kappa shape index (κ2) is 8.85. The van der Waals surface area contributed by atoms with E-state index in [4.69, 9.17) is 4.74 Å². The summed E-state index contributed by atoms with van der Waals surface area (Å²) in [6.45, 7) is 5.98. The van der Waals surface area contributed by atoms with E-state index in [9.17, 15) is 9.18 Å². The molecule has 33 heavy (non-hydrogen) atoms. The van der Waals surface area contributed by atoms with Crippen LogP contribution in [-0.4, -0.2) is 12.6 Å². The first-order valence-electron chi connectivity index (χ1n) is 11.2. The van der Waals surface area contributed by atoms with E-state index in [1.54, 1.807) is 29.9 Å². The summed E-state index contributed by atoms with van der Waals surface area (Å²) >= 11 is 0. The minimum Gasteiger partial charge on any atom is -0.453 e. The highest BCUT2D eigenvalue weighted by Gasteiger charge is 2.41. The fourth-order valence-electron chi connectivity index (χ4n) is 4.61. The van der Waals surface area contributed by atoms with Gasteiger partial charge in [-0.1, -0.05) is 13.8 Å². The van der Waals surface area contributed by atoms with Crippen molar-refractivity contribution in [1.82, 2.24) is 0 Å². The monoisotopic (exact) mass is 450 g/mol. The Labute approximate surface area is 192 Å². The lowest BCUT2D eigenvalue weighted by atomic mass is 9.89. The molecule has 1 aliphatic heterocycles. The van der Waals surface area contributed by atoms with Gasteiger partial charge in [0.25, 0.3) is 5.69 Å². The number of hydrogen-bond donors (Lipinski definition) is 0. The largest absolute Gasteiger partial charge is 0.453 e. The molecule has 0 atom stereocenters. The molecule has 1 aliphatic rings. The minimum absolute atomic E-state index is 0.0983. The van der Waals surface area contributed by atoms with Gasteiger partial charge < -0.3 is 4.74 Å². The molecule has 0 amide bonds. The first-order chi connectivity index (χ1) is 15.8. The van der Waals surface area contributed by atoms with Crippen LogP contribution in [0.2, 0.25) is 0 Å². The molecule has 2 aromatic heterocycles. The number of aryl methyl sites for hydroxylation is 2. The average Bonchev–Trinajstić information content (AvgIpc) is 2.90. The van der Waals surface area contributed by atoms with Crippen molar-refractivity contribution >= 4 is 11.5 Å². The zero-order valence-electron chi connectivity index (χ0n) is 19.4. The molecule has 0 N–H and O–H groups in total. The topological polar surface area (TPSA) is 34.1 Å². The molecule has 170 valence electrons. The molecule has 4 nitrogen and oxygen atoms in total. The normalized spacial score (nSPS) is 14.1. The highest BCUT2D eigenvalue weighted by Crippen LogP contribution is 2.38. The Morgan fingerprint density at radius 2 is 1.82 bits per heavy atom. The van der Waals surface area contributed by atoms with Crippen LogP contribution in [0, 0.1) is 18.6 Å². The molecule has 3 heterocycles. The number of hydrogen-bond acceptors (Lipinski definition) is 2. The van der Waals surface area contributed by atoms with Crippen molar-refractivity contribution in [2.24, 2.45) is 7.05 Å². The average molecular weight is 451 g/mol. The third-order valence-corrected chi connectivity index (χ3v) is 6.54. The van der Waals surface area contributed by atoms with Crippen LogP contribution in [-0.2, 0) is 17.3 Å². The van der Waals surface area contributed by atoms with E-state index < -0.39 is 23.1 Å². The van der Waals surface area contributed by atoms with Gasteiger partial charge in [-0.25, -0.2) is 13.6 Å². The predicted molar refractivity (Wildman–Crippen MR) is 121 cm³/mol. The van der Waals surface area contributed by atoms with E-state index >= 15 is 4.39 Å². The SMILES string of the molecule is CCC1(CC)C=C(COC(=O)c2cccc[n+]2C)c2cc(F)cc(F)c2-c2cc(C)cc[n+]21. The lowest BCUT2D eigenvalue weighted by Gasteiger charge is -2.24. The number of rotatable bonds is 5. The predicted octanol–water partition coefficient (Wildman–Crippen LogP) is 4.82.